The SMILES string of the molecule is COc1ccc(/C=C/C(=O)N2CCN(c3nc(C)cc(Nc4ccc(C)cc4)n3)CC2)cc1OC. The number of benzene rings is 2. The van der Waals surface area contributed by atoms with Crippen LogP contribution in [-0.4, -0.2) is 61.2 Å². The lowest BCUT2D eigenvalue weighted by Crippen LogP contribution is -2.48. The molecular weight excluding hydrogens is 442 g/mol. The third kappa shape index (κ3) is 6.09. The molecule has 1 aliphatic heterocycles. The summed E-state index contributed by atoms with van der Waals surface area (Å²) in [6.07, 6.45) is 3.40. The van der Waals surface area contributed by atoms with E-state index in [2.05, 4.69) is 34.3 Å². The van der Waals surface area contributed by atoms with Gasteiger partial charge in [-0.15, -0.1) is 0 Å². The molecule has 182 valence electrons. The van der Waals surface area contributed by atoms with Crippen molar-refractivity contribution in [3.63, 3.8) is 0 Å². The summed E-state index contributed by atoms with van der Waals surface area (Å²) in [5, 5.41) is 3.36. The van der Waals surface area contributed by atoms with Crippen molar-refractivity contribution in [2.75, 3.05) is 50.6 Å². The van der Waals surface area contributed by atoms with Crippen LogP contribution in [0.2, 0.25) is 0 Å². The Balaban J connectivity index is 1.37. The normalized spacial score (nSPS) is 13.7. The summed E-state index contributed by atoms with van der Waals surface area (Å²) < 4.78 is 10.6. The Morgan fingerprint density at radius 1 is 0.914 bits per heavy atom. The van der Waals surface area contributed by atoms with Gasteiger partial charge >= 0.3 is 0 Å². The third-order valence-corrected chi connectivity index (χ3v) is 5.87. The summed E-state index contributed by atoms with van der Waals surface area (Å²) in [5.41, 5.74) is 3.95. The minimum absolute atomic E-state index is 0.0219. The van der Waals surface area contributed by atoms with Gasteiger partial charge in [-0.2, -0.15) is 4.98 Å². The van der Waals surface area contributed by atoms with Crippen LogP contribution in [-0.2, 0) is 4.79 Å². The predicted molar refractivity (Wildman–Crippen MR) is 139 cm³/mol. The molecule has 1 aromatic heterocycles. The summed E-state index contributed by atoms with van der Waals surface area (Å²) >= 11 is 0. The van der Waals surface area contributed by atoms with Gasteiger partial charge in [-0.25, -0.2) is 4.98 Å². The van der Waals surface area contributed by atoms with Crippen LogP contribution >= 0.6 is 0 Å². The zero-order valence-electron chi connectivity index (χ0n) is 20.6. The number of piperazine rings is 1. The van der Waals surface area contributed by atoms with E-state index in [1.165, 1.54) is 5.56 Å². The van der Waals surface area contributed by atoms with Gasteiger partial charge in [0.05, 0.1) is 14.2 Å². The number of nitrogens with one attached hydrogen (secondary N) is 1. The predicted octanol–water partition coefficient (Wildman–Crippen LogP) is 4.22. The quantitative estimate of drug-likeness (QED) is 0.515. The Morgan fingerprint density at radius 3 is 2.31 bits per heavy atom. The topological polar surface area (TPSA) is 79.8 Å². The van der Waals surface area contributed by atoms with Crippen molar-refractivity contribution in [1.82, 2.24) is 14.9 Å². The van der Waals surface area contributed by atoms with Crippen molar-refractivity contribution >= 4 is 29.4 Å². The number of amides is 1. The van der Waals surface area contributed by atoms with Gasteiger partial charge in [0.1, 0.15) is 5.82 Å². The van der Waals surface area contributed by atoms with Crippen LogP contribution in [0.15, 0.2) is 54.6 Å². The molecule has 3 aromatic rings. The Labute approximate surface area is 206 Å². The van der Waals surface area contributed by atoms with Crippen molar-refractivity contribution < 1.29 is 14.3 Å². The maximum Gasteiger partial charge on any atom is 0.246 e. The number of aryl methyl sites for hydroxylation is 2. The highest BCUT2D eigenvalue weighted by Crippen LogP contribution is 2.28. The lowest BCUT2D eigenvalue weighted by molar-refractivity contribution is -0.126. The van der Waals surface area contributed by atoms with Gasteiger partial charge in [0.25, 0.3) is 0 Å². The number of hydrogen-bond donors (Lipinski definition) is 1. The van der Waals surface area contributed by atoms with Crippen LogP contribution in [0.25, 0.3) is 6.08 Å². The standard InChI is InChI=1S/C27H31N5O3/c1-19-5-9-22(10-6-19)29-25-17-20(2)28-27(30-25)32-15-13-31(14-16-32)26(33)12-8-21-7-11-23(34-3)24(18-21)35-4/h5-12,17-18H,13-16H2,1-4H3,(H,28,29,30)/b12-8+. The van der Waals surface area contributed by atoms with E-state index in [0.717, 1.165) is 22.8 Å². The average molecular weight is 474 g/mol. The molecule has 0 bridgehead atoms. The van der Waals surface area contributed by atoms with Gasteiger partial charge in [-0.3, -0.25) is 4.79 Å². The Hall–Kier alpha value is -4.07. The van der Waals surface area contributed by atoms with E-state index in [-0.39, 0.29) is 5.91 Å². The molecule has 0 atom stereocenters. The number of carbonyl (C=O) groups excluding carboxylic acids is 1. The summed E-state index contributed by atoms with van der Waals surface area (Å²) in [5.74, 6) is 2.69. The number of carbonyl (C=O) groups is 1. The molecular formula is C27H31N5O3. The maximum absolute atomic E-state index is 12.8. The molecule has 4 rings (SSSR count). The molecule has 1 fully saturated rings. The lowest BCUT2D eigenvalue weighted by Gasteiger charge is -2.34. The average Bonchev–Trinajstić information content (AvgIpc) is 2.88. The van der Waals surface area contributed by atoms with Crippen molar-refractivity contribution in [3.05, 3.63) is 71.4 Å². The first kappa shape index (κ1) is 24.1. The highest BCUT2D eigenvalue weighted by atomic mass is 16.5. The molecule has 1 saturated heterocycles. The number of ether oxygens (including phenoxy) is 2. The zero-order chi connectivity index (χ0) is 24.8. The van der Waals surface area contributed by atoms with Gasteiger partial charge < -0.3 is 24.6 Å². The molecule has 2 heterocycles. The largest absolute Gasteiger partial charge is 0.493 e. The number of nitrogens with zero attached hydrogens (tertiary/aromatic N) is 4. The monoisotopic (exact) mass is 473 g/mol. The van der Waals surface area contributed by atoms with Crippen molar-refractivity contribution in [2.45, 2.75) is 13.8 Å². The van der Waals surface area contributed by atoms with E-state index in [1.54, 1.807) is 26.4 Å². The fourth-order valence-corrected chi connectivity index (χ4v) is 3.90. The molecule has 8 nitrogen and oxygen atoms in total. The van der Waals surface area contributed by atoms with Gasteiger partial charge in [-0.05, 0) is 49.8 Å². The van der Waals surface area contributed by atoms with E-state index in [4.69, 9.17) is 14.5 Å². The molecule has 0 saturated carbocycles. The molecule has 0 aliphatic carbocycles. The number of anilines is 3. The molecule has 35 heavy (non-hydrogen) atoms. The van der Waals surface area contributed by atoms with Gasteiger partial charge in [0.2, 0.25) is 11.9 Å². The fraction of sp³-hybridized carbons (Fsp3) is 0.296. The molecule has 8 heteroatoms. The molecule has 0 unspecified atom stereocenters. The summed E-state index contributed by atoms with van der Waals surface area (Å²) in [7, 11) is 3.19. The number of rotatable bonds is 7. The minimum Gasteiger partial charge on any atom is -0.493 e. The second-order valence-electron chi connectivity index (χ2n) is 8.45. The second kappa shape index (κ2) is 10.9. The lowest BCUT2D eigenvalue weighted by atomic mass is 10.2. The van der Waals surface area contributed by atoms with E-state index in [9.17, 15) is 4.79 Å². The van der Waals surface area contributed by atoms with Crippen molar-refractivity contribution in [2.24, 2.45) is 0 Å². The molecule has 1 aliphatic rings. The Kier molecular flexibility index (Phi) is 7.50. The van der Waals surface area contributed by atoms with Crippen LogP contribution < -0.4 is 19.7 Å². The first-order valence-corrected chi connectivity index (χ1v) is 11.6. The van der Waals surface area contributed by atoms with Crippen molar-refractivity contribution in [1.29, 1.82) is 0 Å². The van der Waals surface area contributed by atoms with Crippen molar-refractivity contribution in [3.8, 4) is 11.5 Å². The Bertz CT molecular complexity index is 1200. The smallest absolute Gasteiger partial charge is 0.246 e. The fourth-order valence-electron chi connectivity index (χ4n) is 3.90. The summed E-state index contributed by atoms with van der Waals surface area (Å²) in [6.45, 7) is 6.57. The highest BCUT2D eigenvalue weighted by molar-refractivity contribution is 5.92. The highest BCUT2D eigenvalue weighted by Gasteiger charge is 2.22. The first-order valence-electron chi connectivity index (χ1n) is 11.6. The molecule has 0 spiro atoms. The van der Waals surface area contributed by atoms with E-state index < -0.39 is 0 Å². The van der Waals surface area contributed by atoms with E-state index >= 15 is 0 Å². The van der Waals surface area contributed by atoms with Crippen LogP contribution in [0.5, 0.6) is 11.5 Å². The third-order valence-electron chi connectivity index (χ3n) is 5.87. The molecule has 0 radical (unpaired) electrons. The van der Waals surface area contributed by atoms with Gasteiger partial charge in [-0.1, -0.05) is 23.8 Å². The van der Waals surface area contributed by atoms with Crippen LogP contribution in [0.3, 0.4) is 0 Å². The first-order chi connectivity index (χ1) is 16.9. The molecule has 2 aromatic carbocycles. The number of aromatic nitrogens is 2. The van der Waals surface area contributed by atoms with Crippen LogP contribution in [0.1, 0.15) is 16.8 Å². The summed E-state index contributed by atoms with van der Waals surface area (Å²) in [6, 6.07) is 15.7. The van der Waals surface area contributed by atoms with Gasteiger partial charge in [0, 0.05) is 49.7 Å². The van der Waals surface area contributed by atoms with Gasteiger partial charge in [0.15, 0.2) is 11.5 Å². The van der Waals surface area contributed by atoms with Crippen LogP contribution in [0.4, 0.5) is 17.5 Å². The van der Waals surface area contributed by atoms with E-state index in [0.29, 0.717) is 43.6 Å². The Morgan fingerprint density at radius 2 is 1.63 bits per heavy atom. The maximum atomic E-state index is 12.8. The number of methoxy groups -OCH3 is 2. The molecule has 1 amide bonds. The zero-order valence-corrected chi connectivity index (χ0v) is 20.6. The van der Waals surface area contributed by atoms with E-state index in [1.807, 2.05) is 48.2 Å². The molecule has 1 N–H and O–H groups in total. The minimum atomic E-state index is -0.0219. The number of hydrogen-bond acceptors (Lipinski definition) is 7. The second-order valence-corrected chi connectivity index (χ2v) is 8.45. The van der Waals surface area contributed by atoms with Crippen LogP contribution in [0, 0.1) is 13.8 Å². The summed E-state index contributed by atoms with van der Waals surface area (Å²) in [4.78, 5) is 26.1.